The Labute approximate surface area is 158 Å². The number of aromatic hydroxyl groups is 1. The number of likely N-dealkylation sites (tertiary alicyclic amines) is 1. The van der Waals surface area contributed by atoms with E-state index in [0.29, 0.717) is 5.75 Å². The van der Waals surface area contributed by atoms with Crippen LogP contribution in [0.3, 0.4) is 0 Å². The number of nitrogens with zero attached hydrogens (tertiary/aromatic N) is 1. The molecule has 2 aromatic rings. The second-order valence-corrected chi connectivity index (χ2v) is 7.19. The zero-order valence-electron chi connectivity index (χ0n) is 15.2. The topological polar surface area (TPSA) is 23.5 Å². The summed E-state index contributed by atoms with van der Waals surface area (Å²) in [6, 6.07) is 18.7. The van der Waals surface area contributed by atoms with Crippen molar-refractivity contribution in [2.75, 3.05) is 19.6 Å². The van der Waals surface area contributed by atoms with Gasteiger partial charge in [-0.2, -0.15) is 0 Å². The fourth-order valence-corrected chi connectivity index (χ4v) is 4.23. The Morgan fingerprint density at radius 1 is 1.04 bits per heavy atom. The highest BCUT2D eigenvalue weighted by Gasteiger charge is 2.36. The van der Waals surface area contributed by atoms with Crippen LogP contribution in [0.15, 0.2) is 54.6 Å². The fraction of sp³-hybridized carbons (Fsp3) is 0.455. The lowest BCUT2D eigenvalue weighted by molar-refractivity contribution is 0.139. The van der Waals surface area contributed by atoms with Crippen molar-refractivity contribution in [3.63, 3.8) is 0 Å². The molecule has 0 bridgehead atoms. The van der Waals surface area contributed by atoms with Crippen molar-refractivity contribution in [2.24, 2.45) is 0 Å². The Morgan fingerprint density at radius 3 is 2.44 bits per heavy atom. The van der Waals surface area contributed by atoms with Gasteiger partial charge in [-0.15, -0.1) is 12.4 Å². The van der Waals surface area contributed by atoms with E-state index in [0.717, 1.165) is 19.5 Å². The maximum Gasteiger partial charge on any atom is 0.115 e. The Hall–Kier alpha value is -1.51. The molecule has 0 aromatic heterocycles. The van der Waals surface area contributed by atoms with Crippen LogP contribution in [0.1, 0.15) is 43.7 Å². The molecule has 3 heteroatoms. The predicted molar refractivity (Wildman–Crippen MR) is 108 cm³/mol. The van der Waals surface area contributed by atoms with E-state index in [1.807, 2.05) is 12.1 Å². The Bertz CT molecular complexity index is 624. The van der Waals surface area contributed by atoms with Gasteiger partial charge in [0.15, 0.2) is 0 Å². The van der Waals surface area contributed by atoms with Crippen molar-refractivity contribution in [1.82, 2.24) is 4.90 Å². The van der Waals surface area contributed by atoms with E-state index >= 15 is 0 Å². The first-order valence-corrected chi connectivity index (χ1v) is 9.28. The summed E-state index contributed by atoms with van der Waals surface area (Å²) < 4.78 is 0. The van der Waals surface area contributed by atoms with E-state index < -0.39 is 0 Å². The predicted octanol–water partition coefficient (Wildman–Crippen LogP) is 5.19. The minimum atomic E-state index is 0. The molecule has 1 fully saturated rings. The smallest absolute Gasteiger partial charge is 0.115 e. The van der Waals surface area contributed by atoms with Crippen molar-refractivity contribution in [3.8, 4) is 5.75 Å². The maximum atomic E-state index is 9.62. The molecule has 0 amide bonds. The highest BCUT2D eigenvalue weighted by molar-refractivity contribution is 5.85. The minimum Gasteiger partial charge on any atom is -0.508 e. The third-order valence-corrected chi connectivity index (χ3v) is 5.42. The molecule has 0 radical (unpaired) electrons. The van der Waals surface area contributed by atoms with E-state index in [9.17, 15) is 5.11 Å². The van der Waals surface area contributed by atoms with E-state index in [2.05, 4.69) is 54.3 Å². The molecule has 1 N–H and O–H groups in total. The summed E-state index contributed by atoms with van der Waals surface area (Å²) in [6.45, 7) is 5.76. The Kier molecular flexibility index (Phi) is 7.34. The average molecular weight is 360 g/mol. The molecule has 1 saturated heterocycles. The van der Waals surface area contributed by atoms with Gasteiger partial charge in [-0.3, -0.25) is 0 Å². The first kappa shape index (κ1) is 19.8. The lowest BCUT2D eigenvalue weighted by Gasteiger charge is -2.43. The molecule has 0 aliphatic carbocycles. The summed E-state index contributed by atoms with van der Waals surface area (Å²) in [5.74, 6) is 0.363. The minimum absolute atomic E-state index is 0. The maximum absolute atomic E-state index is 9.62. The van der Waals surface area contributed by atoms with E-state index in [1.165, 1.54) is 43.4 Å². The Balaban J connectivity index is 0.00000225. The van der Waals surface area contributed by atoms with Crippen LogP contribution in [0.5, 0.6) is 5.75 Å². The number of rotatable bonds is 6. The standard InChI is InChI=1S/C22H29NO.ClH/c1-2-14-22(20-9-11-21(24)12-10-20)15-6-16-23(18-22)17-13-19-7-4-3-5-8-19;/h3-5,7-12,24H,2,6,13-18H2,1H3;1H. The number of hydrogen-bond donors (Lipinski definition) is 1. The quantitative estimate of drug-likeness (QED) is 0.767. The molecule has 1 aliphatic rings. The zero-order valence-corrected chi connectivity index (χ0v) is 16.0. The molecule has 2 aromatic carbocycles. The van der Waals surface area contributed by atoms with E-state index in [1.54, 1.807) is 0 Å². The molecule has 136 valence electrons. The monoisotopic (exact) mass is 359 g/mol. The van der Waals surface area contributed by atoms with E-state index in [-0.39, 0.29) is 17.8 Å². The van der Waals surface area contributed by atoms with Crippen LogP contribution < -0.4 is 0 Å². The normalized spacial score (nSPS) is 20.8. The van der Waals surface area contributed by atoms with Crippen molar-refractivity contribution < 1.29 is 5.11 Å². The lowest BCUT2D eigenvalue weighted by atomic mass is 9.71. The van der Waals surface area contributed by atoms with Gasteiger partial charge in [-0.1, -0.05) is 55.8 Å². The molecule has 0 saturated carbocycles. The second-order valence-electron chi connectivity index (χ2n) is 7.19. The van der Waals surface area contributed by atoms with Gasteiger partial charge in [0.2, 0.25) is 0 Å². The van der Waals surface area contributed by atoms with Crippen LogP contribution in [0.4, 0.5) is 0 Å². The van der Waals surface area contributed by atoms with Crippen LogP contribution in [0, 0.1) is 0 Å². The SMILES string of the molecule is CCCC1(c2ccc(O)cc2)CCCN(CCc2ccccc2)C1.Cl. The number of phenolic OH excluding ortho intramolecular Hbond substituents is 1. The molecule has 2 nitrogen and oxygen atoms in total. The summed E-state index contributed by atoms with van der Waals surface area (Å²) in [7, 11) is 0. The fourth-order valence-electron chi connectivity index (χ4n) is 4.23. The summed E-state index contributed by atoms with van der Waals surface area (Å²) in [6.07, 6.45) is 6.06. The van der Waals surface area contributed by atoms with E-state index in [4.69, 9.17) is 0 Å². The third-order valence-electron chi connectivity index (χ3n) is 5.42. The van der Waals surface area contributed by atoms with Gasteiger partial charge >= 0.3 is 0 Å². The van der Waals surface area contributed by atoms with Gasteiger partial charge in [-0.05, 0) is 55.5 Å². The molecule has 1 unspecified atom stereocenters. The van der Waals surface area contributed by atoms with Crippen molar-refractivity contribution >= 4 is 12.4 Å². The number of halogens is 1. The molecule has 3 rings (SSSR count). The van der Waals surface area contributed by atoms with Gasteiger partial charge in [0.25, 0.3) is 0 Å². The van der Waals surface area contributed by atoms with Crippen molar-refractivity contribution in [2.45, 2.75) is 44.4 Å². The van der Waals surface area contributed by atoms with Crippen LogP contribution in [-0.2, 0) is 11.8 Å². The van der Waals surface area contributed by atoms with Gasteiger partial charge in [0, 0.05) is 18.5 Å². The van der Waals surface area contributed by atoms with Crippen LogP contribution in [0.2, 0.25) is 0 Å². The van der Waals surface area contributed by atoms with Crippen LogP contribution in [0.25, 0.3) is 0 Å². The first-order chi connectivity index (χ1) is 11.7. The van der Waals surface area contributed by atoms with Crippen molar-refractivity contribution in [1.29, 1.82) is 0 Å². The summed E-state index contributed by atoms with van der Waals surface area (Å²) in [4.78, 5) is 2.64. The number of phenols is 1. The molecular weight excluding hydrogens is 330 g/mol. The molecule has 0 spiro atoms. The molecule has 1 aliphatic heterocycles. The highest BCUT2D eigenvalue weighted by Crippen LogP contribution is 2.38. The number of piperidine rings is 1. The summed E-state index contributed by atoms with van der Waals surface area (Å²) in [5.41, 5.74) is 3.07. The largest absolute Gasteiger partial charge is 0.508 e. The number of benzene rings is 2. The highest BCUT2D eigenvalue weighted by atomic mass is 35.5. The molecular formula is C22H30ClNO. The zero-order chi connectivity index (χ0) is 16.8. The van der Waals surface area contributed by atoms with Gasteiger partial charge in [0.1, 0.15) is 5.75 Å². The average Bonchev–Trinajstić information content (AvgIpc) is 2.62. The van der Waals surface area contributed by atoms with Gasteiger partial charge < -0.3 is 10.0 Å². The number of hydrogen-bond acceptors (Lipinski definition) is 2. The van der Waals surface area contributed by atoms with Gasteiger partial charge in [-0.25, -0.2) is 0 Å². The van der Waals surface area contributed by atoms with Gasteiger partial charge in [0.05, 0.1) is 0 Å². The molecule has 25 heavy (non-hydrogen) atoms. The molecule has 1 heterocycles. The second kappa shape index (κ2) is 9.26. The van der Waals surface area contributed by atoms with Crippen LogP contribution in [-0.4, -0.2) is 29.6 Å². The third kappa shape index (κ3) is 4.99. The van der Waals surface area contributed by atoms with Crippen molar-refractivity contribution in [3.05, 3.63) is 65.7 Å². The summed E-state index contributed by atoms with van der Waals surface area (Å²) in [5, 5.41) is 9.62. The Morgan fingerprint density at radius 2 is 1.76 bits per heavy atom. The first-order valence-electron chi connectivity index (χ1n) is 9.28. The lowest BCUT2D eigenvalue weighted by Crippen LogP contribution is -2.46. The molecule has 1 atom stereocenters. The summed E-state index contributed by atoms with van der Waals surface area (Å²) >= 11 is 0. The van der Waals surface area contributed by atoms with Crippen LogP contribution >= 0.6 is 12.4 Å².